The number of carbonyl (C=O) groups excluding carboxylic acids is 2. The number of aryl methyl sites for hydroxylation is 1. The molecule has 118 valence electrons. The number of imide groups is 1. The van der Waals surface area contributed by atoms with Gasteiger partial charge < -0.3 is 5.32 Å². The Labute approximate surface area is 131 Å². The highest BCUT2D eigenvalue weighted by molar-refractivity contribution is 7.18. The molecule has 0 atom stereocenters. The van der Waals surface area contributed by atoms with Crippen molar-refractivity contribution >= 4 is 33.5 Å². The highest BCUT2D eigenvalue weighted by Crippen LogP contribution is 2.20. The van der Waals surface area contributed by atoms with Crippen LogP contribution in [-0.2, 0) is 17.8 Å². The molecule has 0 unspecified atom stereocenters. The summed E-state index contributed by atoms with van der Waals surface area (Å²) in [5.41, 5.74) is -0.277. The second-order valence-electron chi connectivity index (χ2n) is 5.14. The molecule has 2 heterocycles. The smallest absolute Gasteiger partial charge is 0.321 e. The molecule has 8 heteroatoms. The lowest BCUT2D eigenvalue weighted by molar-refractivity contribution is -0.120. The highest BCUT2D eigenvalue weighted by atomic mass is 32.1. The SMILES string of the molecule is CCc1cc2c(=O)n(CC(=O)NC(=O)NC(C)C)cnc2s1. The fourth-order valence-electron chi connectivity index (χ4n) is 1.92. The van der Waals surface area contributed by atoms with Crippen molar-refractivity contribution in [3.05, 3.63) is 27.6 Å². The third-order valence-corrected chi connectivity index (χ3v) is 4.09. The second-order valence-corrected chi connectivity index (χ2v) is 6.25. The fraction of sp³-hybridized carbons (Fsp3) is 0.429. The van der Waals surface area contributed by atoms with E-state index >= 15 is 0 Å². The maximum absolute atomic E-state index is 12.3. The van der Waals surface area contributed by atoms with Crippen molar-refractivity contribution in [1.29, 1.82) is 0 Å². The van der Waals surface area contributed by atoms with E-state index in [9.17, 15) is 14.4 Å². The Hall–Kier alpha value is -2.22. The zero-order valence-electron chi connectivity index (χ0n) is 12.7. The van der Waals surface area contributed by atoms with Gasteiger partial charge in [0.25, 0.3) is 5.56 Å². The molecule has 0 radical (unpaired) electrons. The Morgan fingerprint density at radius 1 is 1.41 bits per heavy atom. The van der Waals surface area contributed by atoms with E-state index in [0.717, 1.165) is 11.3 Å². The zero-order chi connectivity index (χ0) is 16.3. The van der Waals surface area contributed by atoms with Crippen LogP contribution in [0, 0.1) is 0 Å². The van der Waals surface area contributed by atoms with Gasteiger partial charge in [-0.3, -0.25) is 19.5 Å². The molecule has 0 saturated carbocycles. The van der Waals surface area contributed by atoms with Crippen LogP contribution in [0.3, 0.4) is 0 Å². The van der Waals surface area contributed by atoms with Crippen molar-refractivity contribution in [3.8, 4) is 0 Å². The molecule has 0 aromatic carbocycles. The topological polar surface area (TPSA) is 93.1 Å². The summed E-state index contributed by atoms with van der Waals surface area (Å²) in [6.07, 6.45) is 2.16. The minimum Gasteiger partial charge on any atom is -0.336 e. The third kappa shape index (κ3) is 3.70. The molecule has 7 nitrogen and oxygen atoms in total. The van der Waals surface area contributed by atoms with Gasteiger partial charge in [0.15, 0.2) is 0 Å². The molecule has 0 aliphatic heterocycles. The van der Waals surface area contributed by atoms with Gasteiger partial charge in [-0.1, -0.05) is 6.92 Å². The van der Waals surface area contributed by atoms with Crippen LogP contribution in [0.15, 0.2) is 17.2 Å². The molecule has 0 saturated heterocycles. The van der Waals surface area contributed by atoms with Crippen LogP contribution in [-0.4, -0.2) is 27.5 Å². The number of rotatable bonds is 4. The van der Waals surface area contributed by atoms with Crippen molar-refractivity contribution < 1.29 is 9.59 Å². The molecule has 22 heavy (non-hydrogen) atoms. The first-order chi connectivity index (χ1) is 10.4. The summed E-state index contributed by atoms with van der Waals surface area (Å²) in [7, 11) is 0. The maximum Gasteiger partial charge on any atom is 0.321 e. The number of urea groups is 1. The van der Waals surface area contributed by atoms with E-state index in [1.54, 1.807) is 19.9 Å². The molecule has 2 rings (SSSR count). The third-order valence-electron chi connectivity index (χ3n) is 2.90. The number of fused-ring (bicyclic) bond motifs is 1. The molecular weight excluding hydrogens is 304 g/mol. The van der Waals surface area contributed by atoms with E-state index in [-0.39, 0.29) is 18.1 Å². The van der Waals surface area contributed by atoms with E-state index in [1.807, 2.05) is 6.92 Å². The van der Waals surface area contributed by atoms with Crippen LogP contribution in [0.1, 0.15) is 25.6 Å². The lowest BCUT2D eigenvalue weighted by Gasteiger charge is -2.09. The van der Waals surface area contributed by atoms with Gasteiger partial charge in [-0.05, 0) is 26.3 Å². The van der Waals surface area contributed by atoms with Crippen molar-refractivity contribution in [2.75, 3.05) is 0 Å². The number of amides is 3. The van der Waals surface area contributed by atoms with Gasteiger partial charge in [-0.15, -0.1) is 11.3 Å². The first-order valence-corrected chi connectivity index (χ1v) is 7.80. The quantitative estimate of drug-likeness (QED) is 0.886. The largest absolute Gasteiger partial charge is 0.336 e. The monoisotopic (exact) mass is 322 g/mol. The highest BCUT2D eigenvalue weighted by Gasteiger charge is 2.13. The molecule has 0 bridgehead atoms. The van der Waals surface area contributed by atoms with Crippen LogP contribution in [0.25, 0.3) is 10.2 Å². The van der Waals surface area contributed by atoms with Crippen molar-refractivity contribution in [3.63, 3.8) is 0 Å². The molecule has 0 aliphatic rings. The number of carbonyl (C=O) groups is 2. The minimum absolute atomic E-state index is 0.0770. The Morgan fingerprint density at radius 2 is 2.14 bits per heavy atom. The number of hydrogen-bond acceptors (Lipinski definition) is 5. The molecular formula is C14H18N4O3S. The molecule has 2 aromatic heterocycles. The van der Waals surface area contributed by atoms with Gasteiger partial charge in [-0.2, -0.15) is 0 Å². The van der Waals surface area contributed by atoms with Crippen LogP contribution >= 0.6 is 11.3 Å². The predicted molar refractivity (Wildman–Crippen MR) is 85.1 cm³/mol. The van der Waals surface area contributed by atoms with Gasteiger partial charge in [0.2, 0.25) is 5.91 Å². The Bertz CT molecular complexity index is 763. The van der Waals surface area contributed by atoms with E-state index in [2.05, 4.69) is 15.6 Å². The summed E-state index contributed by atoms with van der Waals surface area (Å²) in [5, 5.41) is 5.22. The Morgan fingerprint density at radius 3 is 2.77 bits per heavy atom. The van der Waals surface area contributed by atoms with Gasteiger partial charge in [0.1, 0.15) is 11.4 Å². The molecule has 2 aromatic rings. The number of hydrogen-bond donors (Lipinski definition) is 2. The van der Waals surface area contributed by atoms with Gasteiger partial charge in [0.05, 0.1) is 11.7 Å². The number of nitrogens with zero attached hydrogens (tertiary/aromatic N) is 2. The first kappa shape index (κ1) is 16.2. The van der Waals surface area contributed by atoms with Gasteiger partial charge in [0, 0.05) is 10.9 Å². The Kier molecular flexibility index (Phi) is 4.92. The molecule has 2 N–H and O–H groups in total. The summed E-state index contributed by atoms with van der Waals surface area (Å²) < 4.78 is 1.20. The zero-order valence-corrected chi connectivity index (χ0v) is 13.5. The maximum atomic E-state index is 12.3. The predicted octanol–water partition coefficient (Wildman–Crippen LogP) is 1.25. The van der Waals surface area contributed by atoms with Crippen LogP contribution in [0.5, 0.6) is 0 Å². The average molecular weight is 322 g/mol. The molecule has 0 aliphatic carbocycles. The van der Waals surface area contributed by atoms with Crippen LogP contribution in [0.4, 0.5) is 4.79 Å². The number of thiophene rings is 1. The van der Waals surface area contributed by atoms with Crippen LogP contribution < -0.4 is 16.2 Å². The normalized spacial score (nSPS) is 10.9. The van der Waals surface area contributed by atoms with Crippen molar-refractivity contribution in [2.45, 2.75) is 39.8 Å². The average Bonchev–Trinajstić information content (AvgIpc) is 2.85. The lowest BCUT2D eigenvalue weighted by Crippen LogP contribution is -2.44. The van der Waals surface area contributed by atoms with E-state index in [1.165, 1.54) is 22.2 Å². The van der Waals surface area contributed by atoms with E-state index in [0.29, 0.717) is 10.2 Å². The van der Waals surface area contributed by atoms with Crippen molar-refractivity contribution in [2.24, 2.45) is 0 Å². The van der Waals surface area contributed by atoms with Gasteiger partial charge in [-0.25, -0.2) is 9.78 Å². The lowest BCUT2D eigenvalue weighted by atomic mass is 10.3. The van der Waals surface area contributed by atoms with Gasteiger partial charge >= 0.3 is 6.03 Å². The number of nitrogens with one attached hydrogen (secondary N) is 2. The summed E-state index contributed by atoms with van der Waals surface area (Å²) in [4.78, 5) is 41.5. The molecule has 3 amide bonds. The number of aromatic nitrogens is 2. The molecule has 0 fully saturated rings. The minimum atomic E-state index is -0.578. The Balaban J connectivity index is 2.14. The van der Waals surface area contributed by atoms with Crippen molar-refractivity contribution in [1.82, 2.24) is 20.2 Å². The second kappa shape index (κ2) is 6.69. The summed E-state index contributed by atoms with van der Waals surface area (Å²) in [6.45, 7) is 5.33. The summed E-state index contributed by atoms with van der Waals surface area (Å²) in [6, 6.07) is 1.15. The summed E-state index contributed by atoms with van der Waals surface area (Å²) in [5.74, 6) is -0.563. The fourth-order valence-corrected chi connectivity index (χ4v) is 2.84. The van der Waals surface area contributed by atoms with E-state index in [4.69, 9.17) is 0 Å². The molecule has 0 spiro atoms. The first-order valence-electron chi connectivity index (χ1n) is 6.99. The standard InChI is InChI=1S/C14H18N4O3S/c1-4-9-5-10-12(22-9)15-7-18(13(10)20)6-11(19)17-14(21)16-8(2)3/h5,7-8H,4,6H2,1-3H3,(H2,16,17,19,21). The van der Waals surface area contributed by atoms with E-state index < -0.39 is 11.9 Å². The van der Waals surface area contributed by atoms with Crippen LogP contribution in [0.2, 0.25) is 0 Å². The summed E-state index contributed by atoms with van der Waals surface area (Å²) >= 11 is 1.47.